The summed E-state index contributed by atoms with van der Waals surface area (Å²) in [5.74, 6) is -1.91. The molecule has 22 heavy (non-hydrogen) atoms. The molecule has 124 valence electrons. The number of carboxylic acid groups (broad SMARTS) is 1. The number of hydrogen-bond donors (Lipinski definition) is 1. The molecule has 1 amide bonds. The predicted octanol–water partition coefficient (Wildman–Crippen LogP) is 2.13. The van der Waals surface area contributed by atoms with Gasteiger partial charge in [-0.15, -0.1) is 0 Å². The summed E-state index contributed by atoms with van der Waals surface area (Å²) in [5.41, 5.74) is -1.12. The second kappa shape index (κ2) is 7.54. The fourth-order valence-electron chi connectivity index (χ4n) is 2.73. The third-order valence-electron chi connectivity index (χ3n) is 3.69. The van der Waals surface area contributed by atoms with E-state index in [9.17, 15) is 19.5 Å². The second-order valence-corrected chi connectivity index (χ2v) is 5.89. The van der Waals surface area contributed by atoms with Crippen LogP contribution in [0.15, 0.2) is 12.2 Å². The molecule has 0 aromatic heterocycles. The number of aliphatic carboxylic acids is 1. The van der Waals surface area contributed by atoms with Crippen LogP contribution in [0, 0.1) is 0 Å². The third kappa shape index (κ3) is 3.94. The number of nitrogens with zero attached hydrogens (tertiary/aromatic N) is 1. The van der Waals surface area contributed by atoms with Gasteiger partial charge in [0.1, 0.15) is 11.8 Å². The summed E-state index contributed by atoms with van der Waals surface area (Å²) in [4.78, 5) is 37.5. The summed E-state index contributed by atoms with van der Waals surface area (Å²) in [6.45, 7) is 6.93. The number of carbonyl (C=O) groups excluding carboxylic acids is 2. The molecule has 0 radical (unpaired) electrons. The Kier molecular flexibility index (Phi) is 6.29. The first kappa shape index (κ1) is 18.4. The highest BCUT2D eigenvalue weighted by atomic mass is 16.6. The molecule has 0 aromatic rings. The number of carbonyl (C=O) groups is 3. The molecule has 1 aliphatic rings. The van der Waals surface area contributed by atoms with E-state index in [1.807, 2.05) is 6.92 Å². The van der Waals surface area contributed by atoms with Crippen molar-refractivity contribution < 1.29 is 24.2 Å². The molecule has 6 nitrogen and oxygen atoms in total. The average Bonchev–Trinajstić information content (AvgIpc) is 2.71. The maximum atomic E-state index is 12.5. The highest BCUT2D eigenvalue weighted by Gasteiger charge is 2.54. The van der Waals surface area contributed by atoms with Crippen molar-refractivity contribution in [3.8, 4) is 0 Å². The molecule has 0 aromatic carbocycles. The van der Waals surface area contributed by atoms with Crippen LogP contribution >= 0.6 is 0 Å². The Morgan fingerprint density at radius 2 is 1.91 bits per heavy atom. The van der Waals surface area contributed by atoms with E-state index in [0.717, 1.165) is 12.8 Å². The van der Waals surface area contributed by atoms with E-state index in [-0.39, 0.29) is 12.3 Å². The first-order chi connectivity index (χ1) is 10.3. The Morgan fingerprint density at radius 1 is 1.27 bits per heavy atom. The van der Waals surface area contributed by atoms with Crippen LogP contribution in [-0.2, 0) is 19.1 Å². The lowest BCUT2D eigenvalue weighted by atomic mass is 10.0. The van der Waals surface area contributed by atoms with Gasteiger partial charge >= 0.3 is 5.97 Å². The zero-order valence-corrected chi connectivity index (χ0v) is 13.7. The number of allylic oxidation sites excluding steroid dienone is 1. The van der Waals surface area contributed by atoms with Crippen molar-refractivity contribution in [1.82, 2.24) is 4.90 Å². The zero-order valence-electron chi connectivity index (χ0n) is 13.7. The van der Waals surface area contributed by atoms with E-state index in [0.29, 0.717) is 6.42 Å². The molecule has 0 spiro atoms. The van der Waals surface area contributed by atoms with Gasteiger partial charge in [-0.1, -0.05) is 25.8 Å². The lowest BCUT2D eigenvalue weighted by Crippen LogP contribution is -2.52. The zero-order chi connectivity index (χ0) is 16.9. The van der Waals surface area contributed by atoms with E-state index in [1.165, 1.54) is 17.1 Å². The van der Waals surface area contributed by atoms with Crippen molar-refractivity contribution in [2.24, 2.45) is 0 Å². The van der Waals surface area contributed by atoms with Gasteiger partial charge in [-0.25, -0.2) is 4.79 Å². The lowest BCUT2D eigenvalue weighted by Gasteiger charge is -2.32. The van der Waals surface area contributed by atoms with Gasteiger partial charge in [0.15, 0.2) is 11.9 Å². The monoisotopic (exact) mass is 311 g/mol. The van der Waals surface area contributed by atoms with Crippen molar-refractivity contribution in [3.63, 3.8) is 0 Å². The highest BCUT2D eigenvalue weighted by Crippen LogP contribution is 2.34. The topological polar surface area (TPSA) is 83.9 Å². The fraction of sp³-hybridized carbons (Fsp3) is 0.688. The molecular formula is C16H25NO5. The Bertz CT molecular complexity index is 469. The van der Waals surface area contributed by atoms with Crippen molar-refractivity contribution >= 4 is 17.7 Å². The van der Waals surface area contributed by atoms with Crippen molar-refractivity contribution in [2.75, 3.05) is 0 Å². The minimum Gasteiger partial charge on any atom is -0.479 e. The molecule has 0 saturated carbocycles. The molecule has 1 N–H and O–H groups in total. The van der Waals surface area contributed by atoms with Gasteiger partial charge in [0.05, 0.1) is 0 Å². The van der Waals surface area contributed by atoms with E-state index in [2.05, 4.69) is 0 Å². The number of ether oxygens (including phenoxy) is 1. The van der Waals surface area contributed by atoms with Gasteiger partial charge in [-0.3, -0.25) is 9.59 Å². The second-order valence-electron chi connectivity index (χ2n) is 5.89. The molecule has 1 rings (SSSR count). The maximum Gasteiger partial charge on any atom is 0.335 e. The first-order valence-electron chi connectivity index (χ1n) is 7.65. The smallest absolute Gasteiger partial charge is 0.335 e. The van der Waals surface area contributed by atoms with Crippen LogP contribution in [0.3, 0.4) is 0 Å². The number of rotatable bonds is 7. The van der Waals surface area contributed by atoms with Crippen LogP contribution < -0.4 is 0 Å². The fourth-order valence-corrected chi connectivity index (χ4v) is 2.73. The van der Waals surface area contributed by atoms with Gasteiger partial charge in [-0.2, -0.15) is 0 Å². The standard InChI is InChI=1S/C16H25NO5/c1-5-7-8-10-12(19)17-13(11(18)9-6-2)14(15(20)21)22-16(17,3)4/h6,9,13-14H,5,7-8,10H2,1-4H3,(H,20,21)/b9-6+/t13-,14-/m1/s1. The van der Waals surface area contributed by atoms with E-state index < -0.39 is 29.6 Å². The highest BCUT2D eigenvalue weighted by molar-refractivity contribution is 6.01. The molecule has 6 heteroatoms. The largest absolute Gasteiger partial charge is 0.479 e. The summed E-state index contributed by atoms with van der Waals surface area (Å²) in [5, 5.41) is 9.31. The van der Waals surface area contributed by atoms with Crippen LogP contribution in [0.2, 0.25) is 0 Å². The molecule has 2 atom stereocenters. The van der Waals surface area contributed by atoms with E-state index >= 15 is 0 Å². The first-order valence-corrected chi connectivity index (χ1v) is 7.65. The molecule has 0 unspecified atom stereocenters. The van der Waals surface area contributed by atoms with Crippen molar-refractivity contribution in [3.05, 3.63) is 12.2 Å². The third-order valence-corrected chi connectivity index (χ3v) is 3.69. The van der Waals surface area contributed by atoms with Crippen LogP contribution in [-0.4, -0.2) is 45.5 Å². The average molecular weight is 311 g/mol. The van der Waals surface area contributed by atoms with Crippen LogP contribution in [0.25, 0.3) is 0 Å². The van der Waals surface area contributed by atoms with Crippen molar-refractivity contribution in [1.29, 1.82) is 0 Å². The Hall–Kier alpha value is -1.69. The number of ketones is 1. The van der Waals surface area contributed by atoms with Gasteiger partial charge in [-0.05, 0) is 33.3 Å². The van der Waals surface area contributed by atoms with Crippen molar-refractivity contribution in [2.45, 2.75) is 71.2 Å². The predicted molar refractivity (Wildman–Crippen MR) is 81.2 cm³/mol. The van der Waals surface area contributed by atoms with Gasteiger partial charge in [0.25, 0.3) is 0 Å². The minimum absolute atomic E-state index is 0.245. The normalized spacial score (nSPS) is 23.9. The number of carboxylic acids is 1. The maximum absolute atomic E-state index is 12.5. The molecular weight excluding hydrogens is 286 g/mol. The Balaban J connectivity index is 3.08. The van der Waals surface area contributed by atoms with Gasteiger partial charge < -0.3 is 14.7 Å². The van der Waals surface area contributed by atoms with Crippen LogP contribution in [0.1, 0.15) is 53.4 Å². The SMILES string of the molecule is C/C=C/C(=O)[C@@H]1[C@H](C(=O)O)OC(C)(C)N1C(=O)CCCCC. The lowest BCUT2D eigenvalue weighted by molar-refractivity contribution is -0.159. The quantitative estimate of drug-likeness (QED) is 0.575. The minimum atomic E-state index is -1.34. The molecule has 1 fully saturated rings. The molecule has 1 aliphatic heterocycles. The molecule has 0 aliphatic carbocycles. The summed E-state index contributed by atoms with van der Waals surface area (Å²) >= 11 is 0. The number of unbranched alkanes of at least 4 members (excludes halogenated alkanes) is 2. The summed E-state index contributed by atoms with van der Waals surface area (Å²) in [6.07, 6.45) is 4.37. The summed E-state index contributed by atoms with van der Waals surface area (Å²) < 4.78 is 5.48. The van der Waals surface area contributed by atoms with Crippen LogP contribution in [0.4, 0.5) is 0 Å². The van der Waals surface area contributed by atoms with E-state index in [4.69, 9.17) is 4.74 Å². The summed E-state index contributed by atoms with van der Waals surface area (Å²) in [6, 6.07) is -1.11. The number of hydrogen-bond acceptors (Lipinski definition) is 4. The van der Waals surface area contributed by atoms with Gasteiger partial charge in [0, 0.05) is 6.42 Å². The molecule has 1 heterocycles. The summed E-state index contributed by atoms with van der Waals surface area (Å²) in [7, 11) is 0. The van der Waals surface area contributed by atoms with E-state index in [1.54, 1.807) is 20.8 Å². The Morgan fingerprint density at radius 3 is 2.41 bits per heavy atom. The van der Waals surface area contributed by atoms with Crippen LogP contribution in [0.5, 0.6) is 0 Å². The molecule has 1 saturated heterocycles. The molecule has 0 bridgehead atoms. The number of amides is 1. The Labute approximate surface area is 131 Å². The van der Waals surface area contributed by atoms with Gasteiger partial charge in [0.2, 0.25) is 5.91 Å².